The summed E-state index contributed by atoms with van der Waals surface area (Å²) in [5, 5.41) is 1.01. The number of methoxy groups -OCH3 is 1. The Labute approximate surface area is 134 Å². The lowest BCUT2D eigenvalue weighted by Crippen LogP contribution is -2.21. The number of hydrogen-bond acceptors (Lipinski definition) is 4. The van der Waals surface area contributed by atoms with Gasteiger partial charge in [-0.25, -0.2) is 4.98 Å². The fraction of sp³-hybridized carbons (Fsp3) is 0.167. The van der Waals surface area contributed by atoms with E-state index in [0.29, 0.717) is 11.4 Å². The molecule has 116 valence electrons. The number of carbonyl (C=O) groups is 1. The number of rotatable bonds is 3. The summed E-state index contributed by atoms with van der Waals surface area (Å²) < 4.78 is 5.42. The molecule has 0 aliphatic carbocycles. The number of nitrogens with zero attached hydrogens (tertiary/aromatic N) is 3. The van der Waals surface area contributed by atoms with Gasteiger partial charge < -0.3 is 9.64 Å². The number of para-hydroxylation sites is 1. The summed E-state index contributed by atoms with van der Waals surface area (Å²) in [5.74, 6) is 0.423. The van der Waals surface area contributed by atoms with Crippen LogP contribution in [0.4, 0.5) is 0 Å². The van der Waals surface area contributed by atoms with Crippen molar-refractivity contribution in [3.63, 3.8) is 0 Å². The molecule has 0 saturated carbocycles. The van der Waals surface area contributed by atoms with Crippen LogP contribution in [0.25, 0.3) is 22.0 Å². The molecule has 1 aromatic carbocycles. The Kier molecular flexibility index (Phi) is 3.93. The van der Waals surface area contributed by atoms with Gasteiger partial charge in [-0.05, 0) is 18.2 Å². The van der Waals surface area contributed by atoms with E-state index in [1.807, 2.05) is 36.4 Å². The average Bonchev–Trinajstić information content (AvgIpc) is 2.59. The van der Waals surface area contributed by atoms with E-state index in [-0.39, 0.29) is 5.91 Å². The van der Waals surface area contributed by atoms with Gasteiger partial charge in [0.15, 0.2) is 0 Å². The molecule has 0 bridgehead atoms. The predicted molar refractivity (Wildman–Crippen MR) is 89.5 cm³/mol. The van der Waals surface area contributed by atoms with Gasteiger partial charge in [-0.3, -0.25) is 9.78 Å². The van der Waals surface area contributed by atoms with Crippen molar-refractivity contribution in [3.8, 4) is 17.0 Å². The highest BCUT2D eigenvalue weighted by Crippen LogP contribution is 2.31. The van der Waals surface area contributed by atoms with Gasteiger partial charge in [0.1, 0.15) is 0 Å². The van der Waals surface area contributed by atoms with E-state index in [1.165, 1.54) is 4.90 Å². The van der Waals surface area contributed by atoms with Gasteiger partial charge in [0.05, 0.1) is 18.2 Å². The van der Waals surface area contributed by atoms with Crippen LogP contribution in [0.2, 0.25) is 0 Å². The van der Waals surface area contributed by atoms with E-state index in [0.717, 1.165) is 22.0 Å². The molecule has 0 spiro atoms. The predicted octanol–water partition coefficient (Wildman–Crippen LogP) is 3.01. The minimum atomic E-state index is -0.0907. The van der Waals surface area contributed by atoms with Gasteiger partial charge in [-0.15, -0.1) is 0 Å². The number of pyridine rings is 2. The third kappa shape index (κ3) is 2.85. The first-order chi connectivity index (χ1) is 11.1. The molecular formula is C18H17N3O2. The van der Waals surface area contributed by atoms with Gasteiger partial charge in [-0.2, -0.15) is 0 Å². The second-order valence-electron chi connectivity index (χ2n) is 5.40. The van der Waals surface area contributed by atoms with Gasteiger partial charge in [0.25, 0.3) is 5.91 Å². The first-order valence-corrected chi connectivity index (χ1v) is 7.21. The van der Waals surface area contributed by atoms with Crippen molar-refractivity contribution in [1.82, 2.24) is 14.9 Å². The highest BCUT2D eigenvalue weighted by molar-refractivity contribution is 5.95. The van der Waals surface area contributed by atoms with Crippen LogP contribution in [0, 0.1) is 0 Å². The number of fused-ring (bicyclic) bond motifs is 1. The van der Waals surface area contributed by atoms with E-state index in [4.69, 9.17) is 4.74 Å². The first kappa shape index (κ1) is 15.0. The number of aromatic nitrogens is 2. The number of benzene rings is 1. The molecular weight excluding hydrogens is 290 g/mol. The molecule has 0 aliphatic heterocycles. The topological polar surface area (TPSA) is 55.3 Å². The maximum atomic E-state index is 12.1. The Hall–Kier alpha value is -2.95. The summed E-state index contributed by atoms with van der Waals surface area (Å²) in [6.45, 7) is 0. The Balaban J connectivity index is 2.16. The molecule has 23 heavy (non-hydrogen) atoms. The van der Waals surface area contributed by atoms with E-state index < -0.39 is 0 Å². The first-order valence-electron chi connectivity index (χ1n) is 7.21. The van der Waals surface area contributed by atoms with E-state index >= 15 is 0 Å². The molecule has 5 heteroatoms. The van der Waals surface area contributed by atoms with Crippen molar-refractivity contribution in [3.05, 3.63) is 54.4 Å². The fourth-order valence-electron chi connectivity index (χ4n) is 2.42. The monoisotopic (exact) mass is 307 g/mol. The molecule has 1 amide bonds. The summed E-state index contributed by atoms with van der Waals surface area (Å²) in [4.78, 5) is 22.4. The number of hydrogen-bond donors (Lipinski definition) is 0. The summed E-state index contributed by atoms with van der Waals surface area (Å²) >= 11 is 0. The third-order valence-corrected chi connectivity index (χ3v) is 3.58. The van der Waals surface area contributed by atoms with Crippen molar-refractivity contribution in [2.24, 2.45) is 0 Å². The Morgan fingerprint density at radius 3 is 2.65 bits per heavy atom. The molecule has 3 aromatic rings. The number of carbonyl (C=O) groups excluding carboxylic acids is 1. The van der Waals surface area contributed by atoms with E-state index in [2.05, 4.69) is 9.97 Å². The maximum Gasteiger partial charge on any atom is 0.254 e. The van der Waals surface area contributed by atoms with Crippen LogP contribution >= 0.6 is 0 Å². The van der Waals surface area contributed by atoms with Crippen LogP contribution in [0.15, 0.2) is 48.8 Å². The zero-order valence-electron chi connectivity index (χ0n) is 13.3. The number of amides is 1. The zero-order chi connectivity index (χ0) is 16.4. The number of ether oxygens (including phenoxy) is 1. The lowest BCUT2D eigenvalue weighted by atomic mass is 10.0. The van der Waals surface area contributed by atoms with Crippen LogP contribution in [0.5, 0.6) is 5.88 Å². The van der Waals surface area contributed by atoms with E-state index in [9.17, 15) is 4.79 Å². The maximum absolute atomic E-state index is 12.1. The fourth-order valence-corrected chi connectivity index (χ4v) is 2.42. The molecule has 0 fully saturated rings. The largest absolute Gasteiger partial charge is 0.481 e. The molecule has 0 aliphatic rings. The minimum absolute atomic E-state index is 0.0907. The normalized spacial score (nSPS) is 10.6. The average molecular weight is 307 g/mol. The molecule has 0 saturated heterocycles. The SMILES string of the molecule is COc1nc2ccccc2cc1-c1cncc(C(=O)N(C)C)c1. The summed E-state index contributed by atoms with van der Waals surface area (Å²) in [5.41, 5.74) is 3.00. The van der Waals surface area contributed by atoms with Crippen molar-refractivity contribution in [1.29, 1.82) is 0 Å². The second-order valence-corrected chi connectivity index (χ2v) is 5.40. The zero-order valence-corrected chi connectivity index (χ0v) is 13.3. The van der Waals surface area contributed by atoms with Crippen LogP contribution in [0.3, 0.4) is 0 Å². The standard InChI is InChI=1S/C18H17N3O2/c1-21(2)18(22)14-8-13(10-19-11-14)15-9-12-6-4-5-7-16(12)20-17(15)23-3/h4-11H,1-3H3. The molecule has 0 atom stereocenters. The molecule has 5 nitrogen and oxygen atoms in total. The minimum Gasteiger partial charge on any atom is -0.481 e. The van der Waals surface area contributed by atoms with Crippen molar-refractivity contribution >= 4 is 16.8 Å². The van der Waals surface area contributed by atoms with Gasteiger partial charge in [0.2, 0.25) is 5.88 Å². The van der Waals surface area contributed by atoms with Gasteiger partial charge >= 0.3 is 0 Å². The van der Waals surface area contributed by atoms with Crippen LogP contribution in [-0.4, -0.2) is 42.0 Å². The van der Waals surface area contributed by atoms with Gasteiger partial charge in [-0.1, -0.05) is 18.2 Å². The highest BCUT2D eigenvalue weighted by Gasteiger charge is 2.14. The molecule has 2 aromatic heterocycles. The smallest absolute Gasteiger partial charge is 0.254 e. The van der Waals surface area contributed by atoms with Crippen molar-refractivity contribution in [2.75, 3.05) is 21.2 Å². The molecule has 0 N–H and O–H groups in total. The van der Waals surface area contributed by atoms with Crippen LogP contribution in [0.1, 0.15) is 10.4 Å². The second kappa shape index (κ2) is 6.04. The molecule has 0 unspecified atom stereocenters. The Bertz CT molecular complexity index is 875. The lowest BCUT2D eigenvalue weighted by molar-refractivity contribution is 0.0827. The van der Waals surface area contributed by atoms with Crippen molar-refractivity contribution < 1.29 is 9.53 Å². The highest BCUT2D eigenvalue weighted by atomic mass is 16.5. The molecule has 3 rings (SSSR count). The summed E-state index contributed by atoms with van der Waals surface area (Å²) in [6.07, 6.45) is 3.27. The van der Waals surface area contributed by atoms with E-state index in [1.54, 1.807) is 33.6 Å². The molecule has 2 heterocycles. The Morgan fingerprint density at radius 1 is 1.13 bits per heavy atom. The Morgan fingerprint density at radius 2 is 1.91 bits per heavy atom. The quantitative estimate of drug-likeness (QED) is 0.746. The summed E-state index contributed by atoms with van der Waals surface area (Å²) in [7, 11) is 5.02. The molecule has 0 radical (unpaired) electrons. The van der Waals surface area contributed by atoms with Crippen LogP contribution < -0.4 is 4.74 Å². The third-order valence-electron chi connectivity index (χ3n) is 3.58. The summed E-state index contributed by atoms with van der Waals surface area (Å²) in [6, 6.07) is 11.6. The van der Waals surface area contributed by atoms with Crippen molar-refractivity contribution in [2.45, 2.75) is 0 Å². The lowest BCUT2D eigenvalue weighted by Gasteiger charge is -2.12. The van der Waals surface area contributed by atoms with Crippen LogP contribution in [-0.2, 0) is 0 Å². The van der Waals surface area contributed by atoms with Gasteiger partial charge in [0, 0.05) is 43.0 Å².